The van der Waals surface area contributed by atoms with Crippen LogP contribution in [0.15, 0.2) is 72.8 Å². The van der Waals surface area contributed by atoms with Gasteiger partial charge in [0.15, 0.2) is 0 Å². The van der Waals surface area contributed by atoms with Crippen LogP contribution in [-0.2, 0) is 4.43 Å². The molecule has 2 atom stereocenters. The lowest BCUT2D eigenvalue weighted by atomic mass is 10.2. The van der Waals surface area contributed by atoms with E-state index >= 15 is 0 Å². The molecule has 27 heavy (non-hydrogen) atoms. The minimum absolute atomic E-state index is 0.0954. The number of rotatable bonds is 5. The largest absolute Gasteiger partial charge is 0.465 e. The SMILES string of the molecule is CC(C)(C)[Si](O[C@@H]1C=C[C@H](NC(=O)O)C1)(c1ccccc1)c1ccccc1. The predicted octanol–water partition coefficient (Wildman–Crippen LogP) is 3.53. The van der Waals surface area contributed by atoms with Gasteiger partial charge in [0.2, 0.25) is 0 Å². The van der Waals surface area contributed by atoms with Crippen molar-refractivity contribution in [3.05, 3.63) is 72.8 Å². The molecule has 0 saturated heterocycles. The van der Waals surface area contributed by atoms with Gasteiger partial charge >= 0.3 is 6.09 Å². The van der Waals surface area contributed by atoms with Crippen molar-refractivity contribution in [3.63, 3.8) is 0 Å². The highest BCUT2D eigenvalue weighted by atomic mass is 28.4. The molecule has 2 N–H and O–H groups in total. The van der Waals surface area contributed by atoms with Gasteiger partial charge in [0, 0.05) is 0 Å². The van der Waals surface area contributed by atoms with Crippen LogP contribution in [0.3, 0.4) is 0 Å². The molecular weight excluding hydrogens is 354 g/mol. The van der Waals surface area contributed by atoms with Crippen molar-refractivity contribution >= 4 is 24.8 Å². The van der Waals surface area contributed by atoms with Crippen molar-refractivity contribution in [3.8, 4) is 0 Å². The Balaban J connectivity index is 2.03. The van der Waals surface area contributed by atoms with Gasteiger partial charge in [0.05, 0.1) is 12.1 Å². The van der Waals surface area contributed by atoms with E-state index < -0.39 is 14.4 Å². The second-order valence-corrected chi connectivity index (χ2v) is 12.2. The molecule has 0 saturated carbocycles. The number of amides is 1. The van der Waals surface area contributed by atoms with Crippen LogP contribution in [0.1, 0.15) is 27.2 Å². The molecular formula is C22H27NO3Si. The van der Waals surface area contributed by atoms with E-state index in [2.05, 4.69) is 74.6 Å². The first-order valence-electron chi connectivity index (χ1n) is 9.29. The Labute approximate surface area is 162 Å². The first-order valence-corrected chi connectivity index (χ1v) is 11.2. The van der Waals surface area contributed by atoms with Crippen LogP contribution in [0, 0.1) is 0 Å². The Hall–Kier alpha value is -2.37. The van der Waals surface area contributed by atoms with Gasteiger partial charge in [0.1, 0.15) is 0 Å². The van der Waals surface area contributed by atoms with Gasteiger partial charge in [-0.3, -0.25) is 0 Å². The Morgan fingerprint density at radius 1 is 1.00 bits per heavy atom. The van der Waals surface area contributed by atoms with Gasteiger partial charge in [-0.15, -0.1) is 0 Å². The third-order valence-electron chi connectivity index (χ3n) is 5.10. The number of hydrogen-bond donors (Lipinski definition) is 2. The van der Waals surface area contributed by atoms with Crippen LogP contribution in [0.5, 0.6) is 0 Å². The van der Waals surface area contributed by atoms with Gasteiger partial charge in [-0.25, -0.2) is 4.79 Å². The highest BCUT2D eigenvalue weighted by molar-refractivity contribution is 6.99. The molecule has 0 radical (unpaired) electrons. The predicted molar refractivity (Wildman–Crippen MR) is 111 cm³/mol. The molecule has 4 nitrogen and oxygen atoms in total. The number of carbonyl (C=O) groups is 1. The summed E-state index contributed by atoms with van der Waals surface area (Å²) in [5.74, 6) is 0. The maximum Gasteiger partial charge on any atom is 0.405 e. The smallest absolute Gasteiger partial charge is 0.405 e. The molecule has 0 aromatic heterocycles. The Kier molecular flexibility index (Phi) is 5.53. The molecule has 2 aromatic rings. The van der Waals surface area contributed by atoms with Crippen molar-refractivity contribution in [1.82, 2.24) is 5.32 Å². The van der Waals surface area contributed by atoms with Gasteiger partial charge < -0.3 is 14.8 Å². The van der Waals surface area contributed by atoms with Crippen molar-refractivity contribution in [2.75, 3.05) is 0 Å². The summed E-state index contributed by atoms with van der Waals surface area (Å²) >= 11 is 0. The molecule has 0 fully saturated rings. The van der Waals surface area contributed by atoms with E-state index in [0.717, 1.165) is 0 Å². The summed E-state index contributed by atoms with van der Waals surface area (Å²) in [4.78, 5) is 11.0. The molecule has 0 aliphatic heterocycles. The third kappa shape index (κ3) is 3.99. The molecule has 1 aliphatic rings. The number of hydrogen-bond acceptors (Lipinski definition) is 2. The zero-order chi connectivity index (χ0) is 19.5. The van der Waals surface area contributed by atoms with E-state index in [1.165, 1.54) is 10.4 Å². The summed E-state index contributed by atoms with van der Waals surface area (Å²) < 4.78 is 6.97. The molecule has 0 unspecified atom stereocenters. The Morgan fingerprint density at radius 2 is 1.52 bits per heavy atom. The standard InChI is InChI=1S/C22H27NO3Si/c1-22(2,3)27(19-10-6-4-7-11-19,20-12-8-5-9-13-20)26-18-15-14-17(16-18)23-21(24)25/h4-15,17-18,23H,16H2,1-3H3,(H,24,25)/t17-,18+/m0/s1. The van der Waals surface area contributed by atoms with Gasteiger partial charge in [-0.2, -0.15) is 0 Å². The lowest BCUT2D eigenvalue weighted by molar-refractivity contribution is 0.186. The summed E-state index contributed by atoms with van der Waals surface area (Å²) in [6, 6.07) is 20.8. The van der Waals surface area contributed by atoms with Gasteiger partial charge in [0.25, 0.3) is 8.32 Å². The molecule has 0 spiro atoms. The molecule has 3 rings (SSSR count). The van der Waals surface area contributed by atoms with E-state index in [1.54, 1.807) is 0 Å². The van der Waals surface area contributed by atoms with E-state index in [4.69, 9.17) is 9.53 Å². The third-order valence-corrected chi connectivity index (χ3v) is 10.2. The van der Waals surface area contributed by atoms with Crippen LogP contribution in [-0.4, -0.2) is 31.7 Å². The van der Waals surface area contributed by atoms with Crippen LogP contribution in [0.4, 0.5) is 4.79 Å². The second kappa shape index (κ2) is 7.70. The zero-order valence-corrected chi connectivity index (χ0v) is 17.1. The first-order chi connectivity index (χ1) is 12.8. The molecule has 0 heterocycles. The zero-order valence-electron chi connectivity index (χ0n) is 16.1. The molecule has 1 aliphatic carbocycles. The minimum Gasteiger partial charge on any atom is -0.465 e. The fraction of sp³-hybridized carbons (Fsp3) is 0.318. The van der Waals surface area contributed by atoms with E-state index in [1.807, 2.05) is 24.3 Å². The topological polar surface area (TPSA) is 58.6 Å². The molecule has 142 valence electrons. The first kappa shape index (κ1) is 19.4. The maximum atomic E-state index is 11.0. The second-order valence-electron chi connectivity index (χ2n) is 8.00. The summed E-state index contributed by atoms with van der Waals surface area (Å²) in [6.45, 7) is 6.72. The van der Waals surface area contributed by atoms with E-state index in [9.17, 15) is 4.79 Å². The van der Waals surface area contributed by atoms with Crippen LogP contribution >= 0.6 is 0 Å². The van der Waals surface area contributed by atoms with Gasteiger partial charge in [-0.1, -0.05) is 93.6 Å². The summed E-state index contributed by atoms with van der Waals surface area (Å²) in [7, 11) is -2.61. The van der Waals surface area contributed by atoms with Crippen LogP contribution in [0.25, 0.3) is 0 Å². The Bertz CT molecular complexity index is 760. The van der Waals surface area contributed by atoms with Crippen LogP contribution < -0.4 is 15.7 Å². The van der Waals surface area contributed by atoms with Crippen molar-refractivity contribution in [2.45, 2.75) is 44.4 Å². The average molecular weight is 382 g/mol. The summed E-state index contributed by atoms with van der Waals surface area (Å²) in [5.41, 5.74) is 0. The molecule has 0 bridgehead atoms. The minimum atomic E-state index is -2.61. The van der Waals surface area contributed by atoms with Crippen LogP contribution in [0.2, 0.25) is 5.04 Å². The molecule has 1 amide bonds. The quantitative estimate of drug-likeness (QED) is 0.615. The number of carboxylic acid groups (broad SMARTS) is 1. The average Bonchev–Trinajstić information content (AvgIpc) is 3.06. The van der Waals surface area contributed by atoms with E-state index in [0.29, 0.717) is 6.42 Å². The normalized spacial score (nSPS) is 19.8. The lowest BCUT2D eigenvalue weighted by Gasteiger charge is -2.44. The lowest BCUT2D eigenvalue weighted by Crippen LogP contribution is -2.67. The maximum absolute atomic E-state index is 11.0. The molecule has 2 aromatic carbocycles. The summed E-state index contributed by atoms with van der Waals surface area (Å²) in [6.07, 6.45) is 3.40. The van der Waals surface area contributed by atoms with Crippen molar-refractivity contribution in [1.29, 1.82) is 0 Å². The fourth-order valence-electron chi connectivity index (χ4n) is 3.94. The van der Waals surface area contributed by atoms with Gasteiger partial charge in [-0.05, 0) is 21.8 Å². The highest BCUT2D eigenvalue weighted by Crippen LogP contribution is 2.38. The fourth-order valence-corrected chi connectivity index (χ4v) is 8.58. The highest BCUT2D eigenvalue weighted by Gasteiger charge is 2.51. The Morgan fingerprint density at radius 3 is 1.96 bits per heavy atom. The van der Waals surface area contributed by atoms with Crippen molar-refractivity contribution < 1.29 is 14.3 Å². The van der Waals surface area contributed by atoms with E-state index in [-0.39, 0.29) is 17.2 Å². The van der Waals surface area contributed by atoms with Crippen molar-refractivity contribution in [2.24, 2.45) is 0 Å². The molecule has 5 heteroatoms. The number of nitrogens with one attached hydrogen (secondary N) is 1. The monoisotopic (exact) mass is 381 g/mol. The number of benzene rings is 2. The summed E-state index contributed by atoms with van der Waals surface area (Å²) in [5, 5.41) is 13.9.